The first kappa shape index (κ1) is 15.4. The average Bonchev–Trinajstić information content (AvgIpc) is 2.42. The number of aliphatic hydroxyl groups excluding tert-OH is 2. The summed E-state index contributed by atoms with van der Waals surface area (Å²) in [6.45, 7) is 7.68. The largest absolute Gasteiger partial charge is 0.396 e. The number of rotatable bonds is 7. The van der Waals surface area contributed by atoms with Crippen LogP contribution in [0.4, 0.5) is 0 Å². The minimum absolute atomic E-state index is 0.136. The van der Waals surface area contributed by atoms with Crippen LogP contribution >= 0.6 is 0 Å². The molecule has 1 unspecified atom stereocenters. The number of ether oxygens (including phenoxy) is 1. The van der Waals surface area contributed by atoms with Crippen molar-refractivity contribution in [3.63, 3.8) is 0 Å². The van der Waals surface area contributed by atoms with Gasteiger partial charge in [0.1, 0.15) is 0 Å². The Kier molecular flexibility index (Phi) is 5.16. The number of benzene rings is 1. The highest BCUT2D eigenvalue weighted by Gasteiger charge is 2.39. The highest BCUT2D eigenvalue weighted by molar-refractivity contribution is 5.23. The second-order valence-corrected chi connectivity index (χ2v) is 5.91. The molecule has 0 saturated carbocycles. The van der Waals surface area contributed by atoms with E-state index in [4.69, 9.17) is 4.74 Å². The normalized spacial score (nSPS) is 18.9. The van der Waals surface area contributed by atoms with E-state index >= 15 is 0 Å². The first-order valence-corrected chi connectivity index (χ1v) is 7.24. The van der Waals surface area contributed by atoms with E-state index in [1.165, 1.54) is 5.56 Å². The smallest absolute Gasteiger partial charge is 0.0916 e. The minimum Gasteiger partial charge on any atom is -0.396 e. The van der Waals surface area contributed by atoms with Crippen molar-refractivity contribution in [2.24, 2.45) is 5.41 Å². The maximum Gasteiger partial charge on any atom is 0.0916 e. The lowest BCUT2D eigenvalue weighted by Crippen LogP contribution is -2.53. The molecule has 1 saturated heterocycles. The Bertz CT molecular complexity index is 409. The Morgan fingerprint density at radius 2 is 1.95 bits per heavy atom. The quantitative estimate of drug-likeness (QED) is 0.791. The summed E-state index contributed by atoms with van der Waals surface area (Å²) < 4.78 is 5.23. The lowest BCUT2D eigenvalue weighted by atomic mass is 9.86. The van der Waals surface area contributed by atoms with E-state index in [0.717, 1.165) is 18.7 Å². The van der Waals surface area contributed by atoms with Crippen LogP contribution in [0.15, 0.2) is 24.3 Å². The molecule has 1 aliphatic rings. The lowest BCUT2D eigenvalue weighted by molar-refractivity contribution is -0.149. The molecule has 2 N–H and O–H groups in total. The van der Waals surface area contributed by atoms with Gasteiger partial charge in [-0.1, -0.05) is 36.8 Å². The molecular formula is C16H25NO3. The number of aliphatic hydroxyl groups is 2. The van der Waals surface area contributed by atoms with Crippen LogP contribution in [0.5, 0.6) is 0 Å². The second-order valence-electron chi connectivity index (χ2n) is 5.91. The summed E-state index contributed by atoms with van der Waals surface area (Å²) in [6, 6.07) is 7.98. The van der Waals surface area contributed by atoms with Crippen LogP contribution in [0.25, 0.3) is 0 Å². The van der Waals surface area contributed by atoms with Gasteiger partial charge in [0.15, 0.2) is 0 Å². The maximum absolute atomic E-state index is 10.3. The summed E-state index contributed by atoms with van der Waals surface area (Å²) in [5.41, 5.74) is 2.00. The fourth-order valence-electron chi connectivity index (χ4n) is 2.54. The van der Waals surface area contributed by atoms with Crippen LogP contribution < -0.4 is 0 Å². The van der Waals surface area contributed by atoms with Crippen molar-refractivity contribution in [1.82, 2.24) is 4.90 Å². The molecule has 20 heavy (non-hydrogen) atoms. The molecule has 0 aliphatic carbocycles. The Balaban J connectivity index is 1.93. The molecular weight excluding hydrogens is 254 g/mol. The van der Waals surface area contributed by atoms with Crippen LogP contribution in [0.3, 0.4) is 0 Å². The zero-order chi connectivity index (χ0) is 14.6. The molecule has 0 amide bonds. The maximum atomic E-state index is 10.3. The van der Waals surface area contributed by atoms with Crippen molar-refractivity contribution in [1.29, 1.82) is 0 Å². The van der Waals surface area contributed by atoms with Crippen molar-refractivity contribution in [3.05, 3.63) is 35.4 Å². The SMILES string of the molecule is CCN(CC(O)c1ccc(C)cc1)CC1(CO)COC1. The molecule has 1 fully saturated rings. The van der Waals surface area contributed by atoms with Crippen molar-refractivity contribution in [2.75, 3.05) is 39.5 Å². The van der Waals surface area contributed by atoms with E-state index in [2.05, 4.69) is 11.8 Å². The van der Waals surface area contributed by atoms with E-state index in [9.17, 15) is 10.2 Å². The molecule has 0 radical (unpaired) electrons. The number of likely N-dealkylation sites (N-methyl/N-ethyl adjacent to an activating group) is 1. The zero-order valence-corrected chi connectivity index (χ0v) is 12.4. The second kappa shape index (κ2) is 6.68. The third-order valence-corrected chi connectivity index (χ3v) is 4.05. The van der Waals surface area contributed by atoms with Gasteiger partial charge in [-0.3, -0.25) is 4.90 Å². The summed E-state index contributed by atoms with van der Waals surface area (Å²) in [4.78, 5) is 2.18. The molecule has 0 aromatic heterocycles. The van der Waals surface area contributed by atoms with Gasteiger partial charge in [-0.25, -0.2) is 0 Å². The summed E-state index contributed by atoms with van der Waals surface area (Å²) in [7, 11) is 0. The van der Waals surface area contributed by atoms with Gasteiger partial charge in [0, 0.05) is 13.1 Å². The average molecular weight is 279 g/mol. The molecule has 2 rings (SSSR count). The van der Waals surface area contributed by atoms with Crippen LogP contribution in [-0.2, 0) is 4.74 Å². The predicted molar refractivity (Wildman–Crippen MR) is 78.6 cm³/mol. The van der Waals surface area contributed by atoms with Gasteiger partial charge >= 0.3 is 0 Å². The summed E-state index contributed by atoms with van der Waals surface area (Å²) in [5.74, 6) is 0. The van der Waals surface area contributed by atoms with Gasteiger partial charge in [0.05, 0.1) is 31.3 Å². The summed E-state index contributed by atoms with van der Waals surface area (Å²) in [6.07, 6.45) is -0.493. The zero-order valence-electron chi connectivity index (χ0n) is 12.4. The van der Waals surface area contributed by atoms with Crippen molar-refractivity contribution in [2.45, 2.75) is 20.0 Å². The molecule has 1 aromatic rings. The number of hydrogen-bond acceptors (Lipinski definition) is 4. The van der Waals surface area contributed by atoms with Gasteiger partial charge in [-0.05, 0) is 19.0 Å². The summed E-state index contributed by atoms with van der Waals surface area (Å²) >= 11 is 0. The van der Waals surface area contributed by atoms with Crippen LogP contribution in [0, 0.1) is 12.3 Å². The standard InChI is InChI=1S/C16H25NO3/c1-3-17(9-16(10-18)11-20-12-16)8-15(19)14-6-4-13(2)5-7-14/h4-7,15,18-19H,3,8-12H2,1-2H3. The third kappa shape index (κ3) is 3.58. The van der Waals surface area contributed by atoms with Gasteiger partial charge < -0.3 is 14.9 Å². The number of nitrogens with zero attached hydrogens (tertiary/aromatic N) is 1. The Labute approximate surface area is 121 Å². The molecule has 4 nitrogen and oxygen atoms in total. The minimum atomic E-state index is -0.493. The number of hydrogen-bond donors (Lipinski definition) is 2. The number of aryl methyl sites for hydroxylation is 1. The summed E-state index contributed by atoms with van der Waals surface area (Å²) in [5, 5.41) is 19.8. The molecule has 112 valence electrons. The van der Waals surface area contributed by atoms with Gasteiger partial charge in [0.25, 0.3) is 0 Å². The monoisotopic (exact) mass is 279 g/mol. The molecule has 0 bridgehead atoms. The highest BCUT2D eigenvalue weighted by atomic mass is 16.5. The fraction of sp³-hybridized carbons (Fsp3) is 0.625. The Morgan fingerprint density at radius 1 is 1.30 bits per heavy atom. The Hall–Kier alpha value is -0.940. The molecule has 4 heteroatoms. The Morgan fingerprint density at radius 3 is 2.40 bits per heavy atom. The topological polar surface area (TPSA) is 52.9 Å². The first-order chi connectivity index (χ1) is 9.58. The fourth-order valence-corrected chi connectivity index (χ4v) is 2.54. The lowest BCUT2D eigenvalue weighted by Gasteiger charge is -2.43. The van der Waals surface area contributed by atoms with E-state index < -0.39 is 6.10 Å². The van der Waals surface area contributed by atoms with Crippen molar-refractivity contribution >= 4 is 0 Å². The third-order valence-electron chi connectivity index (χ3n) is 4.05. The van der Waals surface area contributed by atoms with Gasteiger partial charge in [0.2, 0.25) is 0 Å². The van der Waals surface area contributed by atoms with Gasteiger partial charge in [-0.15, -0.1) is 0 Å². The van der Waals surface area contributed by atoms with E-state index in [1.807, 2.05) is 31.2 Å². The van der Waals surface area contributed by atoms with Crippen LogP contribution in [0.1, 0.15) is 24.2 Å². The predicted octanol–water partition coefficient (Wildman–Crippen LogP) is 1.36. The first-order valence-electron chi connectivity index (χ1n) is 7.24. The molecule has 1 aliphatic heterocycles. The van der Waals surface area contributed by atoms with Gasteiger partial charge in [-0.2, -0.15) is 0 Å². The van der Waals surface area contributed by atoms with Crippen molar-refractivity contribution in [3.8, 4) is 0 Å². The molecule has 1 aromatic carbocycles. The highest BCUT2D eigenvalue weighted by Crippen LogP contribution is 2.28. The van der Waals surface area contributed by atoms with E-state index in [1.54, 1.807) is 0 Å². The molecule has 1 heterocycles. The van der Waals surface area contributed by atoms with E-state index in [0.29, 0.717) is 19.8 Å². The van der Waals surface area contributed by atoms with Crippen LogP contribution in [0.2, 0.25) is 0 Å². The molecule has 1 atom stereocenters. The van der Waals surface area contributed by atoms with E-state index in [-0.39, 0.29) is 12.0 Å². The van der Waals surface area contributed by atoms with Crippen LogP contribution in [-0.4, -0.2) is 54.6 Å². The van der Waals surface area contributed by atoms with Crippen molar-refractivity contribution < 1.29 is 14.9 Å². The molecule has 0 spiro atoms.